The Bertz CT molecular complexity index is 495. The van der Waals surface area contributed by atoms with Gasteiger partial charge < -0.3 is 16.1 Å². The number of nitrogens with one attached hydrogen (secondary N) is 1. The molecule has 0 aliphatic carbocycles. The summed E-state index contributed by atoms with van der Waals surface area (Å²) < 4.78 is 0. The van der Waals surface area contributed by atoms with Gasteiger partial charge in [0.15, 0.2) is 0 Å². The molecule has 1 aromatic rings. The van der Waals surface area contributed by atoms with E-state index in [9.17, 15) is 4.79 Å². The van der Waals surface area contributed by atoms with Crippen molar-refractivity contribution in [2.75, 3.05) is 23.4 Å². The predicted octanol–water partition coefficient (Wildman–Crippen LogP) is 1.01. The van der Waals surface area contributed by atoms with Crippen LogP contribution in [0.15, 0.2) is 6.07 Å². The minimum atomic E-state index is -0.395. The van der Waals surface area contributed by atoms with Crippen molar-refractivity contribution >= 4 is 17.5 Å². The molecule has 1 heterocycles. The number of hydrazine groups is 1. The first-order chi connectivity index (χ1) is 9.63. The zero-order chi connectivity index (χ0) is 16.2. The highest BCUT2D eigenvalue weighted by molar-refractivity contribution is 5.79. The van der Waals surface area contributed by atoms with Crippen LogP contribution in [0, 0.1) is 5.92 Å². The minimum Gasteiger partial charge on any atom is -0.368 e. The first-order valence-corrected chi connectivity index (χ1v) is 7.03. The van der Waals surface area contributed by atoms with Crippen molar-refractivity contribution in [3.05, 3.63) is 11.9 Å². The summed E-state index contributed by atoms with van der Waals surface area (Å²) in [4.78, 5) is 22.1. The van der Waals surface area contributed by atoms with Crippen molar-refractivity contribution in [2.45, 2.75) is 40.0 Å². The predicted molar refractivity (Wildman–Crippen MR) is 84.8 cm³/mol. The highest BCUT2D eigenvalue weighted by atomic mass is 16.1. The third kappa shape index (κ3) is 5.18. The number of carbonyl (C=O) groups is 1. The fourth-order valence-electron chi connectivity index (χ4n) is 1.87. The van der Waals surface area contributed by atoms with Crippen LogP contribution in [0.2, 0.25) is 0 Å². The molecule has 0 aromatic carbocycles. The average molecular weight is 294 g/mol. The number of nitrogen functional groups attached to an aromatic ring is 1. The highest BCUT2D eigenvalue weighted by Crippen LogP contribution is 2.24. The van der Waals surface area contributed by atoms with Gasteiger partial charge in [-0.05, 0) is 5.92 Å². The Kier molecular flexibility index (Phi) is 5.48. The molecule has 5 N–H and O–H groups in total. The standard InChI is InChI=1S/C14H26N6O/c1-9(2)7-20(8-10(15)21)12-6-11(19-16)17-13(18-12)14(3,4)5/h6,9H,7-8,16H2,1-5H3,(H2,15,21)(H,17,18,19). The highest BCUT2D eigenvalue weighted by Gasteiger charge is 2.21. The molecule has 0 saturated heterocycles. The molecule has 0 aliphatic rings. The number of primary amides is 1. The Labute approximate surface area is 126 Å². The molecular weight excluding hydrogens is 268 g/mol. The molecule has 0 atom stereocenters. The number of hydrogen-bond donors (Lipinski definition) is 3. The SMILES string of the molecule is CC(C)CN(CC(N)=O)c1cc(NN)nc(C(C)(C)C)n1. The van der Waals surface area contributed by atoms with Gasteiger partial charge in [-0.2, -0.15) is 0 Å². The number of carbonyl (C=O) groups excluding carboxylic acids is 1. The molecule has 7 heteroatoms. The van der Waals surface area contributed by atoms with E-state index in [1.807, 2.05) is 25.7 Å². The molecule has 0 unspecified atom stereocenters. The summed E-state index contributed by atoms with van der Waals surface area (Å²) in [6, 6.07) is 1.72. The zero-order valence-corrected chi connectivity index (χ0v) is 13.5. The summed E-state index contributed by atoms with van der Waals surface area (Å²) in [6.45, 7) is 11.0. The maximum absolute atomic E-state index is 11.3. The second kappa shape index (κ2) is 6.71. The Morgan fingerprint density at radius 1 is 1.38 bits per heavy atom. The number of nitrogens with zero attached hydrogens (tertiary/aromatic N) is 3. The van der Waals surface area contributed by atoms with Crippen molar-refractivity contribution in [3.8, 4) is 0 Å². The number of rotatable bonds is 6. The number of anilines is 2. The van der Waals surface area contributed by atoms with Crippen molar-refractivity contribution in [3.63, 3.8) is 0 Å². The van der Waals surface area contributed by atoms with Crippen LogP contribution in [0.5, 0.6) is 0 Å². The Morgan fingerprint density at radius 2 is 2.00 bits per heavy atom. The van der Waals surface area contributed by atoms with Gasteiger partial charge in [-0.3, -0.25) is 4.79 Å². The number of aromatic nitrogens is 2. The van der Waals surface area contributed by atoms with Crippen LogP contribution in [-0.2, 0) is 10.2 Å². The Hall–Kier alpha value is -1.89. The molecule has 0 aliphatic heterocycles. The van der Waals surface area contributed by atoms with E-state index < -0.39 is 5.91 Å². The van der Waals surface area contributed by atoms with Crippen molar-refractivity contribution in [2.24, 2.45) is 17.5 Å². The first kappa shape index (κ1) is 17.2. The lowest BCUT2D eigenvalue weighted by atomic mass is 9.96. The van der Waals surface area contributed by atoms with E-state index in [1.54, 1.807) is 6.07 Å². The van der Waals surface area contributed by atoms with Crippen LogP contribution in [0.1, 0.15) is 40.4 Å². The van der Waals surface area contributed by atoms with E-state index in [2.05, 4.69) is 29.2 Å². The van der Waals surface area contributed by atoms with Crippen molar-refractivity contribution in [1.82, 2.24) is 9.97 Å². The molecule has 21 heavy (non-hydrogen) atoms. The molecule has 0 radical (unpaired) electrons. The lowest BCUT2D eigenvalue weighted by molar-refractivity contribution is -0.116. The van der Waals surface area contributed by atoms with Gasteiger partial charge >= 0.3 is 0 Å². The van der Waals surface area contributed by atoms with E-state index in [-0.39, 0.29) is 12.0 Å². The fourth-order valence-corrected chi connectivity index (χ4v) is 1.87. The Morgan fingerprint density at radius 3 is 2.43 bits per heavy atom. The van der Waals surface area contributed by atoms with Crippen LogP contribution in [0.3, 0.4) is 0 Å². The summed E-state index contributed by atoms with van der Waals surface area (Å²) in [6.07, 6.45) is 0. The van der Waals surface area contributed by atoms with E-state index in [0.717, 1.165) is 0 Å². The molecule has 7 nitrogen and oxygen atoms in total. The van der Waals surface area contributed by atoms with Crippen LogP contribution >= 0.6 is 0 Å². The molecular formula is C14H26N6O. The van der Waals surface area contributed by atoms with Crippen molar-refractivity contribution < 1.29 is 4.79 Å². The fraction of sp³-hybridized carbons (Fsp3) is 0.643. The Balaban J connectivity index is 3.25. The first-order valence-electron chi connectivity index (χ1n) is 7.03. The average Bonchev–Trinajstić information content (AvgIpc) is 2.35. The summed E-state index contributed by atoms with van der Waals surface area (Å²) in [7, 11) is 0. The number of hydrogen-bond acceptors (Lipinski definition) is 6. The molecule has 0 bridgehead atoms. The normalized spacial score (nSPS) is 11.6. The molecule has 1 amide bonds. The van der Waals surface area contributed by atoms with Gasteiger partial charge in [0.1, 0.15) is 17.5 Å². The van der Waals surface area contributed by atoms with Gasteiger partial charge in [0.05, 0.1) is 6.54 Å². The van der Waals surface area contributed by atoms with Gasteiger partial charge in [-0.25, -0.2) is 15.8 Å². The second-order valence-electron chi connectivity index (χ2n) is 6.57. The number of nitrogens with two attached hydrogens (primary N) is 2. The van der Waals surface area contributed by atoms with E-state index in [1.165, 1.54) is 0 Å². The molecule has 118 valence electrons. The van der Waals surface area contributed by atoms with Crippen LogP contribution < -0.4 is 21.9 Å². The topological polar surface area (TPSA) is 110 Å². The third-order valence-electron chi connectivity index (χ3n) is 2.79. The summed E-state index contributed by atoms with van der Waals surface area (Å²) in [5.41, 5.74) is 7.66. The van der Waals surface area contributed by atoms with E-state index in [4.69, 9.17) is 11.6 Å². The quantitative estimate of drug-likeness (QED) is 0.533. The van der Waals surface area contributed by atoms with E-state index >= 15 is 0 Å². The van der Waals surface area contributed by atoms with Gasteiger partial charge in [0.2, 0.25) is 5.91 Å². The van der Waals surface area contributed by atoms with E-state index in [0.29, 0.717) is 29.9 Å². The molecule has 0 spiro atoms. The van der Waals surface area contributed by atoms with Gasteiger partial charge in [0.25, 0.3) is 0 Å². The molecule has 0 saturated carbocycles. The van der Waals surface area contributed by atoms with Gasteiger partial charge in [0, 0.05) is 18.0 Å². The maximum Gasteiger partial charge on any atom is 0.236 e. The molecule has 1 aromatic heterocycles. The van der Waals surface area contributed by atoms with Gasteiger partial charge in [-0.15, -0.1) is 0 Å². The third-order valence-corrected chi connectivity index (χ3v) is 2.79. The smallest absolute Gasteiger partial charge is 0.236 e. The minimum absolute atomic E-state index is 0.114. The van der Waals surface area contributed by atoms with Gasteiger partial charge in [-0.1, -0.05) is 34.6 Å². The summed E-state index contributed by atoms with van der Waals surface area (Å²) in [5.74, 6) is 7.28. The lowest BCUT2D eigenvalue weighted by Gasteiger charge is -2.26. The molecule has 0 fully saturated rings. The zero-order valence-electron chi connectivity index (χ0n) is 13.5. The summed E-state index contributed by atoms with van der Waals surface area (Å²) in [5, 5.41) is 0. The second-order valence-corrected chi connectivity index (χ2v) is 6.57. The molecule has 1 rings (SSSR count). The monoisotopic (exact) mass is 294 g/mol. The van der Waals surface area contributed by atoms with Crippen LogP contribution in [0.4, 0.5) is 11.6 Å². The summed E-state index contributed by atoms with van der Waals surface area (Å²) >= 11 is 0. The van der Waals surface area contributed by atoms with Crippen LogP contribution in [0.25, 0.3) is 0 Å². The maximum atomic E-state index is 11.3. The van der Waals surface area contributed by atoms with Crippen LogP contribution in [-0.4, -0.2) is 29.0 Å². The van der Waals surface area contributed by atoms with Crippen molar-refractivity contribution in [1.29, 1.82) is 0 Å². The lowest BCUT2D eigenvalue weighted by Crippen LogP contribution is -2.37. The largest absolute Gasteiger partial charge is 0.368 e. The number of amides is 1.